The van der Waals surface area contributed by atoms with Crippen molar-refractivity contribution in [1.29, 1.82) is 0 Å². The summed E-state index contributed by atoms with van der Waals surface area (Å²) in [5.74, 6) is -0.769. The average molecular weight is 463 g/mol. The number of rotatable bonds is 10. The van der Waals surface area contributed by atoms with Crippen LogP contribution in [-0.2, 0) is 19.1 Å². The first-order valence-corrected chi connectivity index (χ1v) is 10.9. The van der Waals surface area contributed by atoms with Crippen molar-refractivity contribution in [3.8, 4) is 0 Å². The van der Waals surface area contributed by atoms with Crippen LogP contribution >= 0.6 is 0 Å². The summed E-state index contributed by atoms with van der Waals surface area (Å²) >= 11 is 0. The van der Waals surface area contributed by atoms with Crippen LogP contribution in [0.5, 0.6) is 0 Å². The number of methoxy groups -OCH3 is 2. The van der Waals surface area contributed by atoms with Crippen LogP contribution in [-0.4, -0.2) is 38.2 Å². The molecule has 3 aromatic carbocycles. The van der Waals surface area contributed by atoms with Crippen molar-refractivity contribution in [2.45, 2.75) is 25.9 Å². The molecule has 4 N–H and O–H groups in total. The highest BCUT2D eigenvalue weighted by Gasteiger charge is 2.20. The largest absolute Gasteiger partial charge is 0.467 e. The summed E-state index contributed by atoms with van der Waals surface area (Å²) in [6.07, 6.45) is 0. The van der Waals surface area contributed by atoms with Gasteiger partial charge in [-0.25, -0.2) is 9.59 Å². The Bertz CT molecular complexity index is 1020. The van der Waals surface area contributed by atoms with Gasteiger partial charge in [-0.3, -0.25) is 0 Å². The van der Waals surface area contributed by atoms with Crippen LogP contribution in [0, 0.1) is 0 Å². The highest BCUT2D eigenvalue weighted by atomic mass is 16.5. The number of para-hydroxylation sites is 2. The summed E-state index contributed by atoms with van der Waals surface area (Å²) < 4.78 is 9.76. The molecule has 178 valence electrons. The van der Waals surface area contributed by atoms with Crippen LogP contribution in [0.2, 0.25) is 0 Å². The molecule has 3 rings (SSSR count). The number of hydrogen-bond acceptors (Lipinski definition) is 8. The Balaban J connectivity index is 2.07. The lowest BCUT2D eigenvalue weighted by Gasteiger charge is -2.23. The molecule has 8 heteroatoms. The average Bonchev–Trinajstić information content (AvgIpc) is 2.86. The molecule has 0 spiro atoms. The Hall–Kier alpha value is -4.20. The predicted octanol–water partition coefficient (Wildman–Crippen LogP) is 5.12. The van der Waals surface area contributed by atoms with Gasteiger partial charge in [0.15, 0.2) is 0 Å². The number of ether oxygens (including phenoxy) is 2. The summed E-state index contributed by atoms with van der Waals surface area (Å²) in [5, 5.41) is 13.2. The van der Waals surface area contributed by atoms with Gasteiger partial charge in [-0.1, -0.05) is 36.4 Å². The monoisotopic (exact) mass is 462 g/mol. The van der Waals surface area contributed by atoms with Crippen molar-refractivity contribution >= 4 is 46.1 Å². The number of carbonyl (C=O) groups is 2. The summed E-state index contributed by atoms with van der Waals surface area (Å²) in [6.45, 7) is 3.46. The number of hydrogen-bond donors (Lipinski definition) is 4. The van der Waals surface area contributed by atoms with Crippen LogP contribution in [0.3, 0.4) is 0 Å². The van der Waals surface area contributed by atoms with Crippen LogP contribution in [0.25, 0.3) is 0 Å². The SMILES string of the molecule is COC(=O)[C@H](C)Nc1cc(Nc2ccccc2)c(N[C@@H](C)C(=O)OC)cc1Nc1ccccc1. The first-order valence-electron chi connectivity index (χ1n) is 10.9. The van der Waals surface area contributed by atoms with Gasteiger partial charge in [0.05, 0.1) is 37.0 Å². The molecule has 0 fully saturated rings. The molecule has 34 heavy (non-hydrogen) atoms. The maximum atomic E-state index is 12.1. The minimum Gasteiger partial charge on any atom is -0.467 e. The van der Waals surface area contributed by atoms with Gasteiger partial charge in [0.1, 0.15) is 12.1 Å². The maximum absolute atomic E-state index is 12.1. The number of benzene rings is 3. The smallest absolute Gasteiger partial charge is 0.327 e. The van der Waals surface area contributed by atoms with Gasteiger partial charge in [-0.15, -0.1) is 0 Å². The lowest BCUT2D eigenvalue weighted by Crippen LogP contribution is -2.28. The topological polar surface area (TPSA) is 101 Å². The second-order valence-corrected chi connectivity index (χ2v) is 7.70. The molecule has 0 bridgehead atoms. The molecule has 0 aromatic heterocycles. The van der Waals surface area contributed by atoms with E-state index in [1.165, 1.54) is 14.2 Å². The van der Waals surface area contributed by atoms with Crippen LogP contribution in [0.1, 0.15) is 13.8 Å². The molecule has 0 aliphatic heterocycles. The summed E-state index contributed by atoms with van der Waals surface area (Å²) in [7, 11) is 2.71. The number of nitrogens with one attached hydrogen (secondary N) is 4. The Kier molecular flexibility index (Phi) is 8.34. The van der Waals surface area contributed by atoms with E-state index in [0.717, 1.165) is 11.4 Å². The van der Waals surface area contributed by atoms with Gasteiger partial charge < -0.3 is 30.7 Å². The van der Waals surface area contributed by atoms with Crippen molar-refractivity contribution in [3.63, 3.8) is 0 Å². The molecule has 8 nitrogen and oxygen atoms in total. The van der Waals surface area contributed by atoms with E-state index in [0.29, 0.717) is 22.7 Å². The number of anilines is 6. The lowest BCUT2D eigenvalue weighted by atomic mass is 10.1. The molecule has 0 saturated carbocycles. The molecule has 0 heterocycles. The van der Waals surface area contributed by atoms with E-state index in [4.69, 9.17) is 9.47 Å². The van der Waals surface area contributed by atoms with Crippen molar-refractivity contribution in [1.82, 2.24) is 0 Å². The van der Waals surface area contributed by atoms with Crippen LogP contribution in [0.15, 0.2) is 72.8 Å². The third-order valence-electron chi connectivity index (χ3n) is 5.12. The lowest BCUT2D eigenvalue weighted by molar-refractivity contribution is -0.141. The predicted molar refractivity (Wildman–Crippen MR) is 136 cm³/mol. The van der Waals surface area contributed by atoms with E-state index in [1.54, 1.807) is 13.8 Å². The fourth-order valence-corrected chi connectivity index (χ4v) is 3.34. The van der Waals surface area contributed by atoms with Gasteiger partial charge in [0.25, 0.3) is 0 Å². The first kappa shape index (κ1) is 24.4. The zero-order valence-corrected chi connectivity index (χ0v) is 19.7. The van der Waals surface area contributed by atoms with E-state index >= 15 is 0 Å². The second kappa shape index (κ2) is 11.6. The van der Waals surface area contributed by atoms with Crippen LogP contribution < -0.4 is 21.3 Å². The first-order chi connectivity index (χ1) is 16.4. The Morgan fingerprint density at radius 3 is 1.29 bits per heavy atom. The minimum atomic E-state index is -0.585. The van der Waals surface area contributed by atoms with E-state index in [2.05, 4.69) is 21.3 Å². The fraction of sp³-hybridized carbons (Fsp3) is 0.231. The number of carbonyl (C=O) groups excluding carboxylic acids is 2. The zero-order valence-electron chi connectivity index (χ0n) is 19.7. The standard InChI is InChI=1S/C26H30N4O4/c1-17(25(31)33-3)27-21-15-24(30-20-13-9-6-10-14-20)22(28-18(2)26(32)34-4)16-23(21)29-19-11-7-5-8-12-19/h5-18,27-30H,1-4H3/t17-,18-/m0/s1. The molecule has 0 aliphatic carbocycles. The molecule has 2 atom stereocenters. The molecule has 0 aliphatic rings. The van der Waals surface area contributed by atoms with Crippen molar-refractivity contribution in [3.05, 3.63) is 72.8 Å². The van der Waals surface area contributed by atoms with Crippen LogP contribution in [0.4, 0.5) is 34.1 Å². The number of esters is 2. The van der Waals surface area contributed by atoms with Crippen molar-refractivity contribution < 1.29 is 19.1 Å². The van der Waals surface area contributed by atoms with Gasteiger partial charge in [-0.2, -0.15) is 0 Å². The molecule has 0 saturated heterocycles. The minimum absolute atomic E-state index is 0.384. The van der Waals surface area contributed by atoms with E-state index < -0.39 is 12.1 Å². The normalized spacial score (nSPS) is 12.1. The summed E-state index contributed by atoms with van der Waals surface area (Å²) in [5.41, 5.74) is 4.51. The molecule has 0 amide bonds. The molecule has 0 radical (unpaired) electrons. The fourth-order valence-electron chi connectivity index (χ4n) is 3.34. The third kappa shape index (κ3) is 6.41. The Labute approximate surface area is 199 Å². The van der Waals surface area contributed by atoms with Gasteiger partial charge in [0.2, 0.25) is 0 Å². The van der Waals surface area contributed by atoms with E-state index in [9.17, 15) is 9.59 Å². The third-order valence-corrected chi connectivity index (χ3v) is 5.12. The van der Waals surface area contributed by atoms with Gasteiger partial charge in [-0.05, 0) is 50.2 Å². The van der Waals surface area contributed by atoms with Gasteiger partial charge >= 0.3 is 11.9 Å². The highest BCUT2D eigenvalue weighted by Crippen LogP contribution is 2.37. The molecular weight excluding hydrogens is 432 g/mol. The van der Waals surface area contributed by atoms with Crippen molar-refractivity contribution in [2.75, 3.05) is 35.5 Å². The summed E-state index contributed by atoms with van der Waals surface area (Å²) in [6, 6.07) is 21.9. The zero-order chi connectivity index (χ0) is 24.5. The second-order valence-electron chi connectivity index (χ2n) is 7.70. The molecular formula is C26H30N4O4. The molecule has 3 aromatic rings. The molecule has 0 unspecified atom stereocenters. The Morgan fingerprint density at radius 2 is 0.971 bits per heavy atom. The van der Waals surface area contributed by atoms with Gasteiger partial charge in [0, 0.05) is 11.4 Å². The van der Waals surface area contributed by atoms with E-state index in [1.807, 2.05) is 72.8 Å². The summed E-state index contributed by atoms with van der Waals surface area (Å²) in [4.78, 5) is 24.2. The Morgan fingerprint density at radius 1 is 0.618 bits per heavy atom. The quantitative estimate of drug-likeness (QED) is 0.308. The highest BCUT2D eigenvalue weighted by molar-refractivity contribution is 5.91. The maximum Gasteiger partial charge on any atom is 0.327 e. The van der Waals surface area contributed by atoms with Crippen molar-refractivity contribution in [2.24, 2.45) is 0 Å². The van der Waals surface area contributed by atoms with E-state index in [-0.39, 0.29) is 11.9 Å².